The van der Waals surface area contributed by atoms with Crippen LogP contribution < -0.4 is 16.2 Å². The maximum atomic E-state index is 13.3. The number of carbonyl (C=O) groups is 2. The number of hydrogen-bond donors (Lipinski definition) is 4. The summed E-state index contributed by atoms with van der Waals surface area (Å²) in [5.41, 5.74) is 1.06. The van der Waals surface area contributed by atoms with E-state index in [1.54, 1.807) is 12.4 Å². The van der Waals surface area contributed by atoms with E-state index in [1.165, 1.54) is 17.0 Å². The number of H-pyrrole nitrogens is 1. The molecule has 2 aromatic carbocycles. The summed E-state index contributed by atoms with van der Waals surface area (Å²) in [5.74, 6) is -1.99. The maximum absolute atomic E-state index is 13.3. The number of amides is 1. The lowest BCUT2D eigenvalue weighted by atomic mass is 10.1. The number of benzene rings is 2. The predicted molar refractivity (Wildman–Crippen MR) is 152 cm³/mol. The molecule has 1 atom stereocenters. The Morgan fingerprint density at radius 3 is 2.76 bits per heavy atom. The van der Waals surface area contributed by atoms with Crippen LogP contribution in [0.5, 0.6) is 0 Å². The van der Waals surface area contributed by atoms with E-state index < -0.39 is 23.5 Å². The van der Waals surface area contributed by atoms with Gasteiger partial charge in [-0.2, -0.15) is 10.4 Å². The summed E-state index contributed by atoms with van der Waals surface area (Å²) < 4.78 is 1.39. The number of nitrogens with zero attached hydrogens (tertiary/aromatic N) is 6. The predicted octanol–water partition coefficient (Wildman–Crippen LogP) is 2.33. The van der Waals surface area contributed by atoms with Crippen LogP contribution >= 0.6 is 23.2 Å². The van der Waals surface area contributed by atoms with Crippen molar-refractivity contribution in [1.29, 1.82) is 5.26 Å². The van der Waals surface area contributed by atoms with Crippen LogP contribution in [0.25, 0.3) is 21.8 Å². The summed E-state index contributed by atoms with van der Waals surface area (Å²) in [6.45, 7) is 1.22. The molecule has 3 heterocycles. The smallest absolute Gasteiger partial charge is 0.328 e. The minimum absolute atomic E-state index is 0.0472. The zero-order valence-corrected chi connectivity index (χ0v) is 22.9. The minimum Gasteiger partial charge on any atom is -0.480 e. The topological polar surface area (TPSA) is 181 Å². The Bertz CT molecular complexity index is 1790. The molecule has 1 fully saturated rings. The molecule has 2 aromatic heterocycles. The van der Waals surface area contributed by atoms with Gasteiger partial charge < -0.3 is 15.3 Å². The van der Waals surface area contributed by atoms with Crippen molar-refractivity contribution in [2.45, 2.75) is 25.4 Å². The second-order valence-electron chi connectivity index (χ2n) is 9.37. The first kappa shape index (κ1) is 27.9. The number of nitriles is 1. The van der Waals surface area contributed by atoms with Crippen LogP contribution in [0, 0.1) is 11.5 Å². The molecule has 0 radical (unpaired) electrons. The van der Waals surface area contributed by atoms with Gasteiger partial charge in [0.25, 0.3) is 11.5 Å². The lowest BCUT2D eigenvalue weighted by molar-refractivity contribution is -0.138. The van der Waals surface area contributed by atoms with Gasteiger partial charge >= 0.3 is 5.97 Å². The average Bonchev–Trinajstić information content (AvgIpc) is 3.64. The number of carbonyl (C=O) groups excluding carboxylic acids is 1. The summed E-state index contributed by atoms with van der Waals surface area (Å²) in [7, 11) is 0. The molecule has 1 amide bonds. The van der Waals surface area contributed by atoms with Crippen LogP contribution in [0.1, 0.15) is 28.8 Å². The quantitative estimate of drug-likeness (QED) is 0.108. The molecular formula is C26H23Cl2N9O4. The Balaban J connectivity index is 1.39. The summed E-state index contributed by atoms with van der Waals surface area (Å²) in [6.07, 6.45) is 6.65. The van der Waals surface area contributed by atoms with Crippen molar-refractivity contribution >= 4 is 62.8 Å². The van der Waals surface area contributed by atoms with E-state index in [0.717, 1.165) is 29.3 Å². The first-order valence-electron chi connectivity index (χ1n) is 12.5. The summed E-state index contributed by atoms with van der Waals surface area (Å²) in [6, 6.07) is 5.47. The first-order valence-corrected chi connectivity index (χ1v) is 13.3. The molecule has 1 aliphatic rings. The highest BCUT2D eigenvalue weighted by molar-refractivity contribution is 6.43. The van der Waals surface area contributed by atoms with E-state index >= 15 is 0 Å². The Labute approximate surface area is 242 Å². The number of aromatic nitrogens is 4. The zero-order chi connectivity index (χ0) is 29.1. The van der Waals surface area contributed by atoms with Gasteiger partial charge in [0.1, 0.15) is 6.04 Å². The molecule has 5 rings (SSSR count). The highest BCUT2D eigenvalue weighted by atomic mass is 35.5. The van der Waals surface area contributed by atoms with E-state index in [2.05, 4.69) is 30.8 Å². The number of aromatic amines is 1. The van der Waals surface area contributed by atoms with Gasteiger partial charge in [0.2, 0.25) is 5.96 Å². The van der Waals surface area contributed by atoms with Crippen molar-refractivity contribution in [2.24, 2.45) is 4.99 Å². The normalized spacial score (nSPS) is 14.3. The molecule has 13 nitrogen and oxygen atoms in total. The average molecular weight is 596 g/mol. The highest BCUT2D eigenvalue weighted by Gasteiger charge is 2.26. The van der Waals surface area contributed by atoms with Gasteiger partial charge in [-0.1, -0.05) is 35.3 Å². The Kier molecular flexibility index (Phi) is 8.04. The number of rotatable bonds is 7. The number of nitrogens with one attached hydrogen (secondary N) is 3. The van der Waals surface area contributed by atoms with Crippen LogP contribution in [-0.4, -0.2) is 73.3 Å². The van der Waals surface area contributed by atoms with Crippen molar-refractivity contribution in [3.05, 3.63) is 68.3 Å². The number of fused-ring (bicyclic) bond motifs is 2. The fourth-order valence-corrected chi connectivity index (χ4v) is 5.30. The van der Waals surface area contributed by atoms with Crippen LogP contribution in [-0.2, 0) is 11.3 Å². The minimum atomic E-state index is -1.45. The number of aliphatic carboxylic acids is 1. The number of carboxylic acids is 1. The zero-order valence-electron chi connectivity index (χ0n) is 21.4. The molecule has 41 heavy (non-hydrogen) atoms. The van der Waals surface area contributed by atoms with Crippen LogP contribution in [0.2, 0.25) is 10.0 Å². The molecule has 1 aliphatic heterocycles. The molecule has 1 saturated heterocycles. The van der Waals surface area contributed by atoms with Gasteiger partial charge in [0, 0.05) is 18.5 Å². The van der Waals surface area contributed by atoms with Crippen molar-refractivity contribution < 1.29 is 14.7 Å². The molecule has 4 aromatic rings. The van der Waals surface area contributed by atoms with E-state index in [4.69, 9.17) is 28.5 Å². The summed E-state index contributed by atoms with van der Waals surface area (Å²) in [5, 5.41) is 31.2. The Morgan fingerprint density at radius 1 is 1.24 bits per heavy atom. The van der Waals surface area contributed by atoms with Crippen LogP contribution in [0.3, 0.4) is 0 Å². The van der Waals surface area contributed by atoms with E-state index in [-0.39, 0.29) is 45.6 Å². The molecule has 0 unspecified atom stereocenters. The number of carboxylic acid groups (broad SMARTS) is 1. The van der Waals surface area contributed by atoms with E-state index in [1.807, 2.05) is 23.1 Å². The molecule has 0 spiro atoms. The third kappa shape index (κ3) is 5.79. The van der Waals surface area contributed by atoms with Gasteiger partial charge in [-0.3, -0.25) is 24.6 Å². The largest absolute Gasteiger partial charge is 0.480 e. The van der Waals surface area contributed by atoms with Crippen molar-refractivity contribution in [3.63, 3.8) is 0 Å². The van der Waals surface area contributed by atoms with Gasteiger partial charge in [-0.25, -0.2) is 14.8 Å². The second kappa shape index (κ2) is 11.8. The standard InChI is InChI=1S/C26H23Cl2N9O4/c27-17-8-16-22(32-13-37(24(16)39)11-14-3-4-15-9-33-35-18(15)7-14)21(28)20(17)23(38)34-19(25(40)41)10-30-26(31-12-29)36-5-1-2-6-36/h3-4,7-9,13,19H,1-2,5-6,10-11H2,(H,30,31)(H,33,35)(H,34,38)(H,40,41)/t19-/m0/s1. The molecule has 0 saturated carbocycles. The summed E-state index contributed by atoms with van der Waals surface area (Å²) >= 11 is 12.9. The molecular weight excluding hydrogens is 573 g/mol. The molecule has 15 heteroatoms. The number of hydrogen-bond acceptors (Lipinski definition) is 7. The number of halogens is 2. The van der Waals surface area contributed by atoms with Gasteiger partial charge in [-0.05, 0) is 30.5 Å². The highest BCUT2D eigenvalue weighted by Crippen LogP contribution is 2.31. The number of guanidine groups is 1. The van der Waals surface area contributed by atoms with Crippen molar-refractivity contribution in [3.8, 4) is 6.19 Å². The van der Waals surface area contributed by atoms with Gasteiger partial charge in [0.15, 0.2) is 6.19 Å². The van der Waals surface area contributed by atoms with Gasteiger partial charge in [-0.15, -0.1) is 0 Å². The molecule has 210 valence electrons. The summed E-state index contributed by atoms with van der Waals surface area (Å²) in [4.78, 5) is 48.7. The number of aliphatic imine (C=N–C) groups is 1. The Hall–Kier alpha value is -4.67. The van der Waals surface area contributed by atoms with Crippen LogP contribution in [0.4, 0.5) is 0 Å². The number of likely N-dealkylation sites (tertiary alicyclic amines) is 1. The SMILES string of the molecule is N#CNC(=NC[C@H](NC(=O)c1c(Cl)cc2c(=O)n(Cc3ccc4cn[nH]c4c3)cnc2c1Cl)C(=O)O)N1CCCC1. The maximum Gasteiger partial charge on any atom is 0.328 e. The van der Waals surface area contributed by atoms with Crippen molar-refractivity contribution in [2.75, 3.05) is 19.6 Å². The second-order valence-corrected chi connectivity index (χ2v) is 10.2. The van der Waals surface area contributed by atoms with E-state index in [9.17, 15) is 19.5 Å². The lowest BCUT2D eigenvalue weighted by Crippen LogP contribution is -2.45. The van der Waals surface area contributed by atoms with Gasteiger partial charge in [0.05, 0.1) is 57.6 Å². The van der Waals surface area contributed by atoms with E-state index in [0.29, 0.717) is 13.1 Å². The third-order valence-corrected chi connectivity index (χ3v) is 7.36. The third-order valence-electron chi connectivity index (χ3n) is 6.70. The molecule has 0 aliphatic carbocycles. The first-order chi connectivity index (χ1) is 19.8. The monoisotopic (exact) mass is 595 g/mol. The molecule has 0 bridgehead atoms. The van der Waals surface area contributed by atoms with Crippen LogP contribution in [0.15, 0.2) is 46.6 Å². The fourth-order valence-electron chi connectivity index (χ4n) is 4.62. The Morgan fingerprint density at radius 2 is 2.02 bits per heavy atom. The molecule has 4 N–H and O–H groups in total. The lowest BCUT2D eigenvalue weighted by Gasteiger charge is -2.19. The van der Waals surface area contributed by atoms with Crippen molar-refractivity contribution in [1.82, 2.24) is 35.3 Å². The fraction of sp³-hybridized carbons (Fsp3) is 0.269.